The van der Waals surface area contributed by atoms with E-state index in [1.54, 1.807) is 4.90 Å². The third-order valence-corrected chi connectivity index (χ3v) is 6.50. The normalized spacial score (nSPS) is 12.8. The first kappa shape index (κ1) is 23.7. The molecule has 0 aliphatic carbocycles. The van der Waals surface area contributed by atoms with Crippen LogP contribution in [0.15, 0.2) is 41.3 Å². The van der Waals surface area contributed by atoms with Crippen LogP contribution < -0.4 is 23.7 Å². The van der Waals surface area contributed by atoms with E-state index in [1.807, 2.05) is 25.1 Å². The Bertz CT molecular complexity index is 1060. The first-order valence-electron chi connectivity index (χ1n) is 10.3. The van der Waals surface area contributed by atoms with Gasteiger partial charge in [0.15, 0.2) is 23.0 Å². The zero-order valence-corrected chi connectivity index (χ0v) is 19.2. The van der Waals surface area contributed by atoms with Gasteiger partial charge in [-0.05, 0) is 25.1 Å². The zero-order chi connectivity index (χ0) is 23.1. The van der Waals surface area contributed by atoms with Gasteiger partial charge in [0, 0.05) is 37.7 Å². The molecule has 1 heterocycles. The highest BCUT2D eigenvalue weighted by Crippen LogP contribution is 2.34. The molecule has 2 aromatic carbocycles. The predicted octanol–water partition coefficient (Wildman–Crippen LogP) is 2.19. The summed E-state index contributed by atoms with van der Waals surface area (Å²) in [5.74, 6) is 1.88. The second kappa shape index (κ2) is 10.6. The number of nitrogens with zero attached hydrogens (tertiary/aromatic N) is 1. The van der Waals surface area contributed by atoms with Crippen molar-refractivity contribution < 1.29 is 32.2 Å². The second-order valence-corrected chi connectivity index (χ2v) is 8.78. The minimum Gasteiger partial charge on any atom is -0.493 e. The fraction of sp³-hybridized carbons (Fsp3) is 0.409. The topological polar surface area (TPSA) is 103 Å². The molecule has 0 saturated carbocycles. The fourth-order valence-corrected chi connectivity index (χ4v) is 4.40. The second-order valence-electron chi connectivity index (χ2n) is 7.01. The van der Waals surface area contributed by atoms with Crippen LogP contribution >= 0.6 is 0 Å². The van der Waals surface area contributed by atoms with Crippen molar-refractivity contribution in [3.05, 3.63) is 42.0 Å². The van der Waals surface area contributed by atoms with Crippen LogP contribution in [0.4, 0.5) is 0 Å². The van der Waals surface area contributed by atoms with Crippen molar-refractivity contribution in [1.29, 1.82) is 0 Å². The quantitative estimate of drug-likeness (QED) is 0.575. The summed E-state index contributed by atoms with van der Waals surface area (Å²) in [6.45, 7) is 3.63. The number of benzene rings is 2. The molecule has 10 heteroatoms. The molecule has 0 saturated heterocycles. The highest BCUT2D eigenvalue weighted by molar-refractivity contribution is 7.89. The highest BCUT2D eigenvalue weighted by Gasteiger charge is 2.21. The van der Waals surface area contributed by atoms with Crippen LogP contribution in [0.25, 0.3) is 0 Å². The number of carbonyl (C=O) groups is 1. The third-order valence-electron chi connectivity index (χ3n) is 5.04. The predicted molar refractivity (Wildman–Crippen MR) is 118 cm³/mol. The first-order valence-corrected chi connectivity index (χ1v) is 11.7. The van der Waals surface area contributed by atoms with Gasteiger partial charge in [0.25, 0.3) is 0 Å². The van der Waals surface area contributed by atoms with E-state index in [0.29, 0.717) is 49.3 Å². The molecule has 0 bridgehead atoms. The van der Waals surface area contributed by atoms with Gasteiger partial charge in [-0.2, -0.15) is 0 Å². The van der Waals surface area contributed by atoms with E-state index in [1.165, 1.54) is 32.4 Å². The largest absolute Gasteiger partial charge is 0.493 e. The lowest BCUT2D eigenvalue weighted by molar-refractivity contribution is -0.131. The van der Waals surface area contributed by atoms with Gasteiger partial charge in [-0.1, -0.05) is 12.1 Å². The number of hydrogen-bond donors (Lipinski definition) is 1. The number of methoxy groups -OCH3 is 2. The number of nitrogens with one attached hydrogen (secondary N) is 1. The summed E-state index contributed by atoms with van der Waals surface area (Å²) in [7, 11) is -0.906. The molecule has 0 aromatic heterocycles. The molecule has 1 amide bonds. The third kappa shape index (κ3) is 5.43. The minimum absolute atomic E-state index is 0.0206. The molecule has 0 radical (unpaired) electrons. The molecule has 0 spiro atoms. The summed E-state index contributed by atoms with van der Waals surface area (Å²) in [4.78, 5) is 14.4. The summed E-state index contributed by atoms with van der Waals surface area (Å²) >= 11 is 0. The molecule has 1 aliphatic heterocycles. The zero-order valence-electron chi connectivity index (χ0n) is 18.4. The Morgan fingerprint density at radius 3 is 2.56 bits per heavy atom. The van der Waals surface area contributed by atoms with Crippen molar-refractivity contribution >= 4 is 15.9 Å². The lowest BCUT2D eigenvalue weighted by Crippen LogP contribution is -2.34. The molecule has 0 fully saturated rings. The van der Waals surface area contributed by atoms with E-state index in [-0.39, 0.29) is 23.8 Å². The van der Waals surface area contributed by atoms with Crippen LogP contribution in [0.5, 0.6) is 23.0 Å². The Morgan fingerprint density at radius 2 is 1.84 bits per heavy atom. The molecule has 174 valence electrons. The molecule has 1 N–H and O–H groups in total. The molecule has 9 nitrogen and oxygen atoms in total. The Hall–Kier alpha value is -2.98. The maximum absolute atomic E-state index is 12.7. The monoisotopic (exact) mass is 464 g/mol. The number of para-hydroxylation sites is 1. The summed E-state index contributed by atoms with van der Waals surface area (Å²) in [6, 6.07) is 9.90. The van der Waals surface area contributed by atoms with E-state index < -0.39 is 10.0 Å². The summed E-state index contributed by atoms with van der Waals surface area (Å²) in [5.41, 5.74) is 0.850. The Morgan fingerprint density at radius 1 is 1.09 bits per heavy atom. The number of carbonyl (C=O) groups excluding carboxylic acids is 1. The molecular weight excluding hydrogens is 436 g/mol. The van der Waals surface area contributed by atoms with E-state index >= 15 is 0 Å². The van der Waals surface area contributed by atoms with Gasteiger partial charge in [0.1, 0.15) is 13.2 Å². The van der Waals surface area contributed by atoms with E-state index in [4.69, 9.17) is 18.9 Å². The van der Waals surface area contributed by atoms with Gasteiger partial charge in [-0.15, -0.1) is 0 Å². The molecule has 1 aliphatic rings. The number of amides is 1. The first-order chi connectivity index (χ1) is 15.4. The Balaban J connectivity index is 1.61. The van der Waals surface area contributed by atoms with Crippen LogP contribution in [-0.4, -0.2) is 59.7 Å². The molecule has 2 aromatic rings. The van der Waals surface area contributed by atoms with Gasteiger partial charge < -0.3 is 23.8 Å². The summed E-state index contributed by atoms with van der Waals surface area (Å²) < 4.78 is 49.3. The number of rotatable bonds is 10. The van der Waals surface area contributed by atoms with E-state index in [9.17, 15) is 13.2 Å². The van der Waals surface area contributed by atoms with Crippen molar-refractivity contribution in [3.8, 4) is 23.0 Å². The number of hydrogen-bond acceptors (Lipinski definition) is 7. The smallest absolute Gasteiger partial charge is 0.240 e. The van der Waals surface area contributed by atoms with E-state index in [2.05, 4.69) is 4.72 Å². The van der Waals surface area contributed by atoms with Crippen molar-refractivity contribution in [2.24, 2.45) is 0 Å². The highest BCUT2D eigenvalue weighted by atomic mass is 32.2. The molecule has 0 atom stereocenters. The molecular formula is C22H28N2O7S. The fourth-order valence-electron chi connectivity index (χ4n) is 3.36. The van der Waals surface area contributed by atoms with Crippen molar-refractivity contribution in [2.45, 2.75) is 24.8 Å². The van der Waals surface area contributed by atoms with Gasteiger partial charge in [0.05, 0.1) is 19.1 Å². The van der Waals surface area contributed by atoms with Gasteiger partial charge in [-0.3, -0.25) is 4.79 Å². The lowest BCUT2D eigenvalue weighted by Gasteiger charge is -2.25. The van der Waals surface area contributed by atoms with Crippen LogP contribution in [0.2, 0.25) is 0 Å². The van der Waals surface area contributed by atoms with Gasteiger partial charge >= 0.3 is 0 Å². The van der Waals surface area contributed by atoms with Crippen LogP contribution in [0, 0.1) is 0 Å². The Labute approximate surface area is 188 Å². The SMILES string of the molecule is CCN(Cc1cccc2c1OCCO2)C(=O)CCNS(=O)(=O)c1ccc(OC)c(OC)c1. The van der Waals surface area contributed by atoms with Crippen LogP contribution in [0.1, 0.15) is 18.9 Å². The van der Waals surface area contributed by atoms with Gasteiger partial charge in [-0.25, -0.2) is 13.1 Å². The molecule has 3 rings (SSSR count). The average molecular weight is 465 g/mol. The van der Waals surface area contributed by atoms with Crippen molar-refractivity contribution in [3.63, 3.8) is 0 Å². The molecule has 32 heavy (non-hydrogen) atoms. The average Bonchev–Trinajstić information content (AvgIpc) is 2.81. The maximum atomic E-state index is 12.7. The maximum Gasteiger partial charge on any atom is 0.240 e. The van der Waals surface area contributed by atoms with E-state index in [0.717, 1.165) is 5.56 Å². The van der Waals surface area contributed by atoms with Gasteiger partial charge in [0.2, 0.25) is 15.9 Å². The standard InChI is InChI=1S/C22H28N2O7S/c1-4-24(15-16-6-5-7-19-22(16)31-13-12-30-19)21(25)10-11-23-32(26,27)17-8-9-18(28-2)20(14-17)29-3/h5-9,14,23H,4,10-13,15H2,1-3H3. The molecule has 0 unspecified atom stereocenters. The summed E-state index contributed by atoms with van der Waals surface area (Å²) in [6.07, 6.45) is 0.0206. The Kier molecular flexibility index (Phi) is 7.81. The number of ether oxygens (including phenoxy) is 4. The van der Waals surface area contributed by atoms with Crippen LogP contribution in [-0.2, 0) is 21.4 Å². The lowest BCUT2D eigenvalue weighted by atomic mass is 10.1. The van der Waals surface area contributed by atoms with Crippen molar-refractivity contribution in [1.82, 2.24) is 9.62 Å². The van der Waals surface area contributed by atoms with Crippen molar-refractivity contribution in [2.75, 3.05) is 40.5 Å². The number of fused-ring (bicyclic) bond motifs is 1. The minimum atomic E-state index is -3.81. The summed E-state index contributed by atoms with van der Waals surface area (Å²) in [5, 5.41) is 0. The van der Waals surface area contributed by atoms with Crippen LogP contribution in [0.3, 0.4) is 0 Å². The number of sulfonamides is 1.